The maximum absolute atomic E-state index is 12.6. The summed E-state index contributed by atoms with van der Waals surface area (Å²) >= 11 is 0.898. The summed E-state index contributed by atoms with van der Waals surface area (Å²) in [7, 11) is -3.85. The second-order valence-corrected chi connectivity index (χ2v) is 7.93. The van der Waals surface area contributed by atoms with Crippen molar-refractivity contribution in [2.75, 3.05) is 4.90 Å². The van der Waals surface area contributed by atoms with Crippen LogP contribution in [-0.4, -0.2) is 29.7 Å². The van der Waals surface area contributed by atoms with Crippen LogP contribution < -0.4 is 10.0 Å². The number of hydrogen-bond donors (Lipinski definition) is 4. The molecule has 10 heteroatoms. The molecule has 8 nitrogen and oxygen atoms in total. The van der Waals surface area contributed by atoms with Gasteiger partial charge >= 0.3 is 0 Å². The molecular weight excluding hydrogens is 378 g/mol. The van der Waals surface area contributed by atoms with Gasteiger partial charge in [-0.3, -0.25) is 15.1 Å². The Bertz CT molecular complexity index is 1050. The molecule has 1 amide bonds. The molecule has 3 rings (SSSR count). The highest BCUT2D eigenvalue weighted by Gasteiger charge is 2.33. The van der Waals surface area contributed by atoms with E-state index in [-0.39, 0.29) is 26.5 Å². The molecule has 1 heterocycles. The third kappa shape index (κ3) is 3.43. The average Bonchev–Trinajstić information content (AvgIpc) is 2.83. The predicted molar refractivity (Wildman–Crippen MR) is 98.4 cm³/mol. The zero-order chi connectivity index (χ0) is 19.1. The van der Waals surface area contributed by atoms with Gasteiger partial charge < -0.3 is 10.2 Å². The maximum atomic E-state index is 12.6. The number of sulfonamides is 1. The molecule has 0 aliphatic carbocycles. The minimum atomic E-state index is -3.85. The van der Waals surface area contributed by atoms with Crippen molar-refractivity contribution in [3.63, 3.8) is 0 Å². The van der Waals surface area contributed by atoms with Gasteiger partial charge in [0, 0.05) is 11.6 Å². The molecular formula is C16H13N3O5S2. The molecule has 0 spiro atoms. The summed E-state index contributed by atoms with van der Waals surface area (Å²) in [6, 6.07) is 9.23. The fourth-order valence-electron chi connectivity index (χ4n) is 2.30. The number of hydrogen-bond acceptors (Lipinski definition) is 7. The van der Waals surface area contributed by atoms with Crippen LogP contribution in [0.4, 0.5) is 5.69 Å². The lowest BCUT2D eigenvalue weighted by atomic mass is 10.1. The van der Waals surface area contributed by atoms with Gasteiger partial charge in [0.25, 0.3) is 5.91 Å². The van der Waals surface area contributed by atoms with Crippen LogP contribution in [0.5, 0.6) is 11.5 Å². The lowest BCUT2D eigenvalue weighted by Crippen LogP contribution is -2.28. The summed E-state index contributed by atoms with van der Waals surface area (Å²) in [6.07, 6.45) is 1.41. The van der Waals surface area contributed by atoms with E-state index in [1.165, 1.54) is 42.5 Å². The highest BCUT2D eigenvalue weighted by molar-refractivity contribution is 8.19. The van der Waals surface area contributed by atoms with Crippen molar-refractivity contribution in [1.29, 1.82) is 5.41 Å². The number of phenolic OH excluding ortho intramolecular Hbond substituents is 2. The first kappa shape index (κ1) is 18.0. The van der Waals surface area contributed by atoms with Gasteiger partial charge in [-0.25, -0.2) is 13.6 Å². The van der Waals surface area contributed by atoms with Gasteiger partial charge in [-0.1, -0.05) is 0 Å². The number of nitrogens with zero attached hydrogens (tertiary/aromatic N) is 1. The Kier molecular flexibility index (Phi) is 4.48. The summed E-state index contributed by atoms with van der Waals surface area (Å²) in [5.41, 5.74) is 0.635. The van der Waals surface area contributed by atoms with Gasteiger partial charge in [0.15, 0.2) is 5.17 Å². The number of aromatic hydroxyl groups is 2. The number of primary sulfonamides is 1. The van der Waals surface area contributed by atoms with Crippen molar-refractivity contribution in [2.45, 2.75) is 4.90 Å². The Morgan fingerprint density at radius 1 is 1.12 bits per heavy atom. The Hall–Kier alpha value is -2.82. The Labute approximate surface area is 153 Å². The molecule has 0 unspecified atom stereocenters. The first-order valence-corrected chi connectivity index (χ1v) is 9.50. The van der Waals surface area contributed by atoms with Crippen LogP contribution in [0.3, 0.4) is 0 Å². The zero-order valence-corrected chi connectivity index (χ0v) is 14.7. The van der Waals surface area contributed by atoms with Crippen LogP contribution in [0.1, 0.15) is 5.56 Å². The van der Waals surface area contributed by atoms with E-state index in [0.717, 1.165) is 22.7 Å². The maximum Gasteiger partial charge on any atom is 0.271 e. The zero-order valence-electron chi connectivity index (χ0n) is 13.1. The molecule has 0 saturated carbocycles. The molecule has 2 aromatic rings. The first-order chi connectivity index (χ1) is 12.2. The second-order valence-electron chi connectivity index (χ2n) is 5.34. The third-order valence-corrected chi connectivity index (χ3v) is 5.37. The number of nitrogens with two attached hydrogens (primary N) is 1. The van der Waals surface area contributed by atoms with Crippen molar-refractivity contribution in [3.8, 4) is 11.5 Å². The van der Waals surface area contributed by atoms with Gasteiger partial charge in [0.2, 0.25) is 10.0 Å². The number of benzene rings is 2. The molecule has 2 aromatic carbocycles. The van der Waals surface area contributed by atoms with Crippen molar-refractivity contribution in [1.82, 2.24) is 0 Å². The molecule has 1 saturated heterocycles. The van der Waals surface area contributed by atoms with Crippen molar-refractivity contribution in [3.05, 3.63) is 52.9 Å². The number of amidine groups is 1. The molecule has 26 heavy (non-hydrogen) atoms. The van der Waals surface area contributed by atoms with Crippen molar-refractivity contribution in [2.24, 2.45) is 5.14 Å². The Balaban J connectivity index is 1.93. The van der Waals surface area contributed by atoms with Gasteiger partial charge in [-0.05, 0) is 54.2 Å². The van der Waals surface area contributed by atoms with Gasteiger partial charge in [0.05, 0.1) is 15.5 Å². The van der Waals surface area contributed by atoms with Crippen LogP contribution in [0.2, 0.25) is 0 Å². The van der Waals surface area contributed by atoms with Gasteiger partial charge in [0.1, 0.15) is 11.5 Å². The number of nitrogens with one attached hydrogen (secondary N) is 1. The molecule has 0 radical (unpaired) electrons. The fourth-order valence-corrected chi connectivity index (χ4v) is 3.67. The van der Waals surface area contributed by atoms with E-state index in [9.17, 15) is 23.4 Å². The number of rotatable bonds is 3. The third-order valence-electron chi connectivity index (χ3n) is 3.55. The fraction of sp³-hybridized carbons (Fsp3) is 0. The van der Waals surface area contributed by atoms with Gasteiger partial charge in [-0.2, -0.15) is 0 Å². The van der Waals surface area contributed by atoms with Gasteiger partial charge in [-0.15, -0.1) is 0 Å². The molecule has 5 N–H and O–H groups in total. The highest BCUT2D eigenvalue weighted by atomic mass is 32.2. The highest BCUT2D eigenvalue weighted by Crippen LogP contribution is 2.36. The largest absolute Gasteiger partial charge is 0.508 e. The van der Waals surface area contributed by atoms with Crippen LogP contribution in [-0.2, 0) is 14.8 Å². The Morgan fingerprint density at radius 2 is 1.77 bits per heavy atom. The van der Waals surface area contributed by atoms with E-state index in [0.29, 0.717) is 11.3 Å². The van der Waals surface area contributed by atoms with Crippen LogP contribution in [0.15, 0.2) is 52.3 Å². The van der Waals surface area contributed by atoms with Crippen molar-refractivity contribution >= 4 is 44.6 Å². The summed E-state index contributed by atoms with van der Waals surface area (Å²) < 4.78 is 22.6. The number of carbonyl (C=O) groups excluding carboxylic acids is 1. The standard InChI is InChI=1S/C16H13N3O5S2/c17-16-19(10-2-5-12(6-3-10)26(18,23)24)15(22)14(25-16)7-9-1-4-11(20)8-13(9)21/h1-8,17,20-21H,(H2,18,23,24)/b14-7-,17-16?. The topological polar surface area (TPSA) is 145 Å². The van der Waals surface area contributed by atoms with E-state index >= 15 is 0 Å². The summed E-state index contributed by atoms with van der Waals surface area (Å²) in [6.45, 7) is 0. The molecule has 1 aliphatic heterocycles. The number of thioether (sulfide) groups is 1. The predicted octanol–water partition coefficient (Wildman–Crippen LogP) is 1.80. The summed E-state index contributed by atoms with van der Waals surface area (Å²) in [4.78, 5) is 13.8. The number of phenols is 2. The van der Waals surface area contributed by atoms with E-state index in [4.69, 9.17) is 10.5 Å². The van der Waals surface area contributed by atoms with Crippen molar-refractivity contribution < 1.29 is 23.4 Å². The normalized spacial score (nSPS) is 16.5. The van der Waals surface area contributed by atoms with Crippen LogP contribution in [0.25, 0.3) is 6.08 Å². The summed E-state index contributed by atoms with van der Waals surface area (Å²) in [5, 5.41) is 32.1. The number of anilines is 1. The van der Waals surface area contributed by atoms with Crippen LogP contribution in [0, 0.1) is 5.41 Å². The minimum Gasteiger partial charge on any atom is -0.508 e. The van der Waals surface area contributed by atoms with E-state index in [1.54, 1.807) is 0 Å². The molecule has 1 fully saturated rings. The summed E-state index contributed by atoms with van der Waals surface area (Å²) in [5.74, 6) is -0.802. The van der Waals surface area contributed by atoms with Crippen LogP contribution >= 0.6 is 11.8 Å². The average molecular weight is 391 g/mol. The second kappa shape index (κ2) is 6.48. The Morgan fingerprint density at radius 3 is 2.35 bits per heavy atom. The molecule has 0 atom stereocenters. The van der Waals surface area contributed by atoms with E-state index in [1.807, 2.05) is 0 Å². The lowest BCUT2D eigenvalue weighted by Gasteiger charge is -2.14. The smallest absolute Gasteiger partial charge is 0.271 e. The number of amides is 1. The number of carbonyl (C=O) groups is 1. The lowest BCUT2D eigenvalue weighted by molar-refractivity contribution is -0.113. The monoisotopic (exact) mass is 391 g/mol. The molecule has 0 bridgehead atoms. The minimum absolute atomic E-state index is 0.0668. The van der Waals surface area contributed by atoms with E-state index < -0.39 is 15.9 Å². The first-order valence-electron chi connectivity index (χ1n) is 7.14. The quantitative estimate of drug-likeness (QED) is 0.587. The SMILES string of the molecule is N=C1S/C(=C\c2ccc(O)cc2O)C(=O)N1c1ccc(S(N)(=O)=O)cc1. The molecule has 0 aromatic heterocycles. The molecule has 1 aliphatic rings. The van der Waals surface area contributed by atoms with E-state index in [2.05, 4.69) is 0 Å². The molecule has 134 valence electrons.